The monoisotopic (exact) mass is 239 g/mol. The van der Waals surface area contributed by atoms with Crippen LogP contribution in [0.3, 0.4) is 0 Å². The maximum absolute atomic E-state index is 5.64. The molecule has 1 N–H and O–H groups in total. The minimum Gasteiger partial charge on any atom is -0.379 e. The van der Waals surface area contributed by atoms with Crippen LogP contribution in [0.25, 0.3) is 0 Å². The fourth-order valence-corrected chi connectivity index (χ4v) is 1.88. The van der Waals surface area contributed by atoms with Gasteiger partial charge in [-0.05, 0) is 19.4 Å². The summed E-state index contributed by atoms with van der Waals surface area (Å²) in [5, 5.41) is 3.43. The molecule has 17 heavy (non-hydrogen) atoms. The van der Waals surface area contributed by atoms with Gasteiger partial charge in [-0.15, -0.1) is 0 Å². The van der Waals surface area contributed by atoms with E-state index >= 15 is 0 Å². The highest BCUT2D eigenvalue weighted by atomic mass is 16.5. The molecule has 0 spiro atoms. The van der Waals surface area contributed by atoms with E-state index < -0.39 is 0 Å². The number of likely N-dealkylation sites (N-methyl/N-ethyl adjacent to an activating group) is 1. The Kier molecular flexibility index (Phi) is 6.89. The Bertz CT molecular complexity index is 299. The van der Waals surface area contributed by atoms with E-state index in [4.69, 9.17) is 4.74 Å². The zero-order valence-electron chi connectivity index (χ0n) is 11.3. The van der Waals surface area contributed by atoms with Gasteiger partial charge in [-0.1, -0.05) is 20.8 Å². The number of ether oxygens (including phenoxy) is 1. The fourth-order valence-electron chi connectivity index (χ4n) is 1.88. The summed E-state index contributed by atoms with van der Waals surface area (Å²) in [6.45, 7) is 9.88. The van der Waals surface area contributed by atoms with Crippen LogP contribution < -0.4 is 5.32 Å². The van der Waals surface area contributed by atoms with Gasteiger partial charge >= 0.3 is 0 Å². The van der Waals surface area contributed by atoms with Gasteiger partial charge in [-0.2, -0.15) is 0 Å². The SMILES string of the molecule is CCCOCC(NCC)c1nccn1CCC. The van der Waals surface area contributed by atoms with E-state index in [1.165, 1.54) is 0 Å². The van der Waals surface area contributed by atoms with Gasteiger partial charge in [0.1, 0.15) is 5.82 Å². The number of hydrogen-bond acceptors (Lipinski definition) is 3. The van der Waals surface area contributed by atoms with E-state index in [1.54, 1.807) is 0 Å². The van der Waals surface area contributed by atoms with Crippen molar-refractivity contribution in [3.63, 3.8) is 0 Å². The van der Waals surface area contributed by atoms with E-state index in [0.29, 0.717) is 6.61 Å². The molecular weight excluding hydrogens is 214 g/mol. The maximum atomic E-state index is 5.64. The first-order chi connectivity index (χ1) is 8.33. The summed E-state index contributed by atoms with van der Waals surface area (Å²) in [4.78, 5) is 4.45. The molecule has 0 fully saturated rings. The van der Waals surface area contributed by atoms with Crippen molar-refractivity contribution in [2.45, 2.75) is 46.2 Å². The van der Waals surface area contributed by atoms with Crippen molar-refractivity contribution < 1.29 is 4.74 Å². The molecule has 1 atom stereocenters. The molecule has 0 bridgehead atoms. The zero-order chi connectivity index (χ0) is 12.5. The molecule has 4 nitrogen and oxygen atoms in total. The second kappa shape index (κ2) is 8.25. The molecular formula is C13H25N3O. The summed E-state index contributed by atoms with van der Waals surface area (Å²) in [6, 6.07) is 0.202. The van der Waals surface area contributed by atoms with E-state index in [9.17, 15) is 0 Å². The van der Waals surface area contributed by atoms with E-state index in [-0.39, 0.29) is 6.04 Å². The van der Waals surface area contributed by atoms with Gasteiger partial charge in [0.05, 0.1) is 12.6 Å². The highest BCUT2D eigenvalue weighted by Gasteiger charge is 2.15. The Labute approximate surface area is 104 Å². The lowest BCUT2D eigenvalue weighted by Gasteiger charge is -2.18. The van der Waals surface area contributed by atoms with Crippen LogP contribution in [0.5, 0.6) is 0 Å². The third-order valence-corrected chi connectivity index (χ3v) is 2.61. The van der Waals surface area contributed by atoms with Gasteiger partial charge in [-0.25, -0.2) is 4.98 Å². The summed E-state index contributed by atoms with van der Waals surface area (Å²) in [6.07, 6.45) is 6.10. The molecule has 0 aliphatic rings. The number of hydrogen-bond donors (Lipinski definition) is 1. The molecule has 0 aliphatic heterocycles. The van der Waals surface area contributed by atoms with Crippen molar-refractivity contribution in [1.29, 1.82) is 0 Å². The van der Waals surface area contributed by atoms with Crippen LogP contribution in [0.15, 0.2) is 12.4 Å². The predicted octanol–water partition coefficient (Wildman–Crippen LogP) is 2.37. The van der Waals surface area contributed by atoms with Gasteiger partial charge in [0.2, 0.25) is 0 Å². The first kappa shape index (κ1) is 14.2. The van der Waals surface area contributed by atoms with E-state index in [0.717, 1.165) is 38.4 Å². The molecule has 0 aliphatic carbocycles. The Balaban J connectivity index is 2.63. The Morgan fingerprint density at radius 3 is 2.82 bits per heavy atom. The van der Waals surface area contributed by atoms with Gasteiger partial charge in [0.15, 0.2) is 0 Å². The normalized spacial score (nSPS) is 12.9. The zero-order valence-corrected chi connectivity index (χ0v) is 11.3. The van der Waals surface area contributed by atoms with Crippen LogP contribution in [-0.4, -0.2) is 29.3 Å². The molecule has 0 saturated carbocycles. The lowest BCUT2D eigenvalue weighted by molar-refractivity contribution is 0.109. The number of nitrogens with zero attached hydrogens (tertiary/aromatic N) is 2. The number of rotatable bonds is 9. The van der Waals surface area contributed by atoms with Gasteiger partial charge in [0.25, 0.3) is 0 Å². The van der Waals surface area contributed by atoms with Gasteiger partial charge < -0.3 is 14.6 Å². The lowest BCUT2D eigenvalue weighted by atomic mass is 10.3. The molecule has 1 heterocycles. The molecule has 1 unspecified atom stereocenters. The number of imidazole rings is 1. The Hall–Kier alpha value is -0.870. The number of nitrogens with one attached hydrogen (secondary N) is 1. The summed E-state index contributed by atoms with van der Waals surface area (Å²) in [7, 11) is 0. The van der Waals surface area contributed by atoms with Crippen molar-refractivity contribution in [3.8, 4) is 0 Å². The van der Waals surface area contributed by atoms with Crippen LogP contribution in [0.1, 0.15) is 45.5 Å². The molecule has 1 aromatic rings. The largest absolute Gasteiger partial charge is 0.379 e. The van der Waals surface area contributed by atoms with Crippen molar-refractivity contribution in [2.24, 2.45) is 0 Å². The van der Waals surface area contributed by atoms with Gasteiger partial charge in [-0.3, -0.25) is 0 Å². The third kappa shape index (κ3) is 4.48. The molecule has 1 rings (SSSR count). The molecule has 0 saturated heterocycles. The van der Waals surface area contributed by atoms with Crippen LogP contribution in [0.4, 0.5) is 0 Å². The van der Waals surface area contributed by atoms with E-state index in [1.807, 2.05) is 12.4 Å². The Morgan fingerprint density at radius 2 is 2.18 bits per heavy atom. The molecule has 98 valence electrons. The minimum atomic E-state index is 0.202. The Morgan fingerprint density at radius 1 is 1.35 bits per heavy atom. The summed E-state index contributed by atoms with van der Waals surface area (Å²) in [5.41, 5.74) is 0. The highest BCUT2D eigenvalue weighted by Crippen LogP contribution is 2.12. The van der Waals surface area contributed by atoms with Crippen LogP contribution in [0, 0.1) is 0 Å². The molecule has 0 amide bonds. The fraction of sp³-hybridized carbons (Fsp3) is 0.769. The smallest absolute Gasteiger partial charge is 0.128 e. The van der Waals surface area contributed by atoms with Crippen molar-refractivity contribution in [3.05, 3.63) is 18.2 Å². The van der Waals surface area contributed by atoms with Crippen LogP contribution >= 0.6 is 0 Å². The van der Waals surface area contributed by atoms with Crippen LogP contribution in [0.2, 0.25) is 0 Å². The molecule has 1 aromatic heterocycles. The average Bonchev–Trinajstić information content (AvgIpc) is 2.77. The quantitative estimate of drug-likeness (QED) is 0.672. The third-order valence-electron chi connectivity index (χ3n) is 2.61. The number of aromatic nitrogens is 2. The topological polar surface area (TPSA) is 39.1 Å². The highest BCUT2D eigenvalue weighted by molar-refractivity contribution is 4.99. The predicted molar refractivity (Wildman–Crippen MR) is 70.0 cm³/mol. The standard InChI is InChI=1S/C13H25N3O/c1-4-8-16-9-7-15-13(16)12(14-6-3)11-17-10-5-2/h7,9,12,14H,4-6,8,10-11H2,1-3H3. The first-order valence-electron chi connectivity index (χ1n) is 6.65. The second-order valence-corrected chi connectivity index (χ2v) is 4.16. The van der Waals surface area contributed by atoms with Crippen molar-refractivity contribution in [1.82, 2.24) is 14.9 Å². The summed E-state index contributed by atoms with van der Waals surface area (Å²) < 4.78 is 7.85. The van der Waals surface area contributed by atoms with E-state index in [2.05, 4.69) is 35.6 Å². The summed E-state index contributed by atoms with van der Waals surface area (Å²) >= 11 is 0. The van der Waals surface area contributed by atoms with Crippen LogP contribution in [-0.2, 0) is 11.3 Å². The number of aryl methyl sites for hydroxylation is 1. The molecule has 0 aromatic carbocycles. The molecule has 0 radical (unpaired) electrons. The average molecular weight is 239 g/mol. The lowest BCUT2D eigenvalue weighted by Crippen LogP contribution is -2.28. The second-order valence-electron chi connectivity index (χ2n) is 4.16. The van der Waals surface area contributed by atoms with Crippen molar-refractivity contribution >= 4 is 0 Å². The van der Waals surface area contributed by atoms with Crippen molar-refractivity contribution in [2.75, 3.05) is 19.8 Å². The summed E-state index contributed by atoms with van der Waals surface area (Å²) in [5.74, 6) is 1.09. The minimum absolute atomic E-state index is 0.202. The maximum Gasteiger partial charge on any atom is 0.128 e. The van der Waals surface area contributed by atoms with Gasteiger partial charge in [0, 0.05) is 25.5 Å². The molecule has 4 heteroatoms. The first-order valence-corrected chi connectivity index (χ1v) is 6.65.